The third-order valence-corrected chi connectivity index (χ3v) is 16.1. The van der Waals surface area contributed by atoms with E-state index >= 15 is 4.39 Å². The van der Waals surface area contributed by atoms with Crippen LogP contribution in [0, 0.1) is 24.1 Å². The van der Waals surface area contributed by atoms with E-state index in [-0.39, 0.29) is 74.7 Å². The number of cyclic esters (lactones) is 1. The van der Waals surface area contributed by atoms with Crippen molar-refractivity contribution in [3.05, 3.63) is 73.8 Å². The van der Waals surface area contributed by atoms with Crippen molar-refractivity contribution in [2.75, 3.05) is 39.7 Å². The van der Waals surface area contributed by atoms with Crippen molar-refractivity contribution in [1.82, 2.24) is 41.0 Å². The van der Waals surface area contributed by atoms with Gasteiger partial charge in [-0.25, -0.2) is 23.8 Å². The summed E-state index contributed by atoms with van der Waals surface area (Å²) in [5.74, 6) is -8.19. The van der Waals surface area contributed by atoms with E-state index in [1.807, 2.05) is 0 Å². The fourth-order valence-corrected chi connectivity index (χ4v) is 11.1. The highest BCUT2D eigenvalue weighted by Crippen LogP contribution is 2.46. The Balaban J connectivity index is 0.929. The average molecular weight is 1250 g/mol. The van der Waals surface area contributed by atoms with Crippen LogP contribution in [0.2, 0.25) is 0 Å². The molecule has 0 bridgehead atoms. The number of aromatic nitrogens is 2. The lowest BCUT2D eigenvalue weighted by atomic mass is 9.81. The molecule has 30 heteroatoms. The number of rotatable bonds is 24. The molecule has 1 aromatic carbocycles. The van der Waals surface area contributed by atoms with Crippen LogP contribution in [0.25, 0.3) is 22.3 Å². The van der Waals surface area contributed by atoms with Gasteiger partial charge < -0.3 is 85.1 Å². The van der Waals surface area contributed by atoms with Crippen LogP contribution < -0.4 is 32.1 Å². The van der Waals surface area contributed by atoms with Crippen molar-refractivity contribution >= 4 is 64.4 Å². The molecular formula is C59H75FN8O21. The topological polar surface area (TPSA) is 408 Å². The minimum Gasteiger partial charge on any atom is -0.479 e. The first-order chi connectivity index (χ1) is 41.8. The Morgan fingerprint density at radius 2 is 1.60 bits per heavy atom. The number of nitrogens with one attached hydrogen (secondary N) is 5. The van der Waals surface area contributed by atoms with E-state index in [4.69, 9.17) is 33.4 Å². The monoisotopic (exact) mass is 1250 g/mol. The predicted molar refractivity (Wildman–Crippen MR) is 305 cm³/mol. The molecular weight excluding hydrogens is 1180 g/mol. The Labute approximate surface area is 508 Å². The molecule has 0 spiro atoms. The molecule has 1 aliphatic carbocycles. The molecule has 6 heterocycles. The Morgan fingerprint density at radius 3 is 2.25 bits per heavy atom. The fourth-order valence-electron chi connectivity index (χ4n) is 11.1. The molecule has 3 aromatic rings. The number of alkyl carbamates (subject to hydrolysis) is 1. The van der Waals surface area contributed by atoms with E-state index in [0.29, 0.717) is 46.2 Å². The number of amides is 7. The molecule has 2 aromatic heterocycles. The number of carboxylic acid groups (broad SMARTS) is 1. The molecule has 0 unspecified atom stereocenters. The van der Waals surface area contributed by atoms with Gasteiger partial charge in [-0.05, 0) is 89.5 Å². The number of pyridine rings is 2. The van der Waals surface area contributed by atoms with Crippen molar-refractivity contribution < 1.29 is 101 Å². The zero-order chi connectivity index (χ0) is 65.4. The minimum atomic E-state index is -2.10. The summed E-state index contributed by atoms with van der Waals surface area (Å²) in [7, 11) is 0. The third kappa shape index (κ3) is 14.3. The van der Waals surface area contributed by atoms with Crippen molar-refractivity contribution in [3.63, 3.8) is 0 Å². The highest BCUT2D eigenvalue weighted by molar-refractivity contribution is 6.13. The second-order valence-corrected chi connectivity index (χ2v) is 24.5. The zero-order valence-electron chi connectivity index (χ0n) is 50.6. The van der Waals surface area contributed by atoms with Gasteiger partial charge >= 0.3 is 18.0 Å². The molecule has 8 rings (SSSR count). The highest BCUT2D eigenvalue weighted by Gasteiger charge is 2.49. The van der Waals surface area contributed by atoms with Crippen molar-refractivity contribution in [1.29, 1.82) is 0 Å². The lowest BCUT2D eigenvalue weighted by Crippen LogP contribution is -2.61. The van der Waals surface area contributed by atoms with E-state index in [1.165, 1.54) is 16.7 Å². The number of esters is 1. The molecule has 0 radical (unpaired) electrons. The number of carbonyl (C=O) groups excluding carboxylic acids is 8. The summed E-state index contributed by atoms with van der Waals surface area (Å²) < 4.78 is 49.9. The number of aliphatic carboxylic acids is 1. The maximum Gasteiger partial charge on any atom is 0.408 e. The molecule has 5 aliphatic rings. The first-order valence-electron chi connectivity index (χ1n) is 29.0. The number of benzene rings is 1. The van der Waals surface area contributed by atoms with E-state index in [2.05, 4.69) is 26.6 Å². The molecule has 10 N–H and O–H groups in total. The number of hydrogen-bond acceptors (Lipinski definition) is 21. The number of carboxylic acids is 1. The largest absolute Gasteiger partial charge is 0.479 e. The van der Waals surface area contributed by atoms with Gasteiger partial charge in [-0.2, -0.15) is 0 Å². The van der Waals surface area contributed by atoms with Crippen molar-refractivity contribution in [2.45, 2.75) is 167 Å². The molecule has 4 aliphatic heterocycles. The van der Waals surface area contributed by atoms with Crippen LogP contribution in [0.3, 0.4) is 0 Å². The van der Waals surface area contributed by atoms with Gasteiger partial charge in [-0.3, -0.25) is 38.5 Å². The van der Waals surface area contributed by atoms with Crippen molar-refractivity contribution in [2.24, 2.45) is 11.3 Å². The van der Waals surface area contributed by atoms with Crippen LogP contribution in [-0.2, 0) is 92.0 Å². The fraction of sp³-hybridized carbons (Fsp3) is 0.576. The number of hydrogen-bond donors (Lipinski definition) is 10. The molecule has 1 fully saturated rings. The molecule has 1 saturated heterocycles. The second-order valence-electron chi connectivity index (χ2n) is 24.5. The Bertz CT molecular complexity index is 3420. The van der Waals surface area contributed by atoms with Gasteiger partial charge in [0.15, 0.2) is 18.0 Å². The lowest BCUT2D eigenvalue weighted by Gasteiger charge is -2.38. The van der Waals surface area contributed by atoms with Gasteiger partial charge in [0.1, 0.15) is 55.2 Å². The summed E-state index contributed by atoms with van der Waals surface area (Å²) in [5, 5.41) is 66.2. The van der Waals surface area contributed by atoms with Crippen LogP contribution in [0.4, 0.5) is 9.18 Å². The molecule has 7 amide bonds. The summed E-state index contributed by atoms with van der Waals surface area (Å²) in [6, 6.07) is -1.95. The predicted octanol–water partition coefficient (Wildman–Crippen LogP) is -0.493. The molecule has 484 valence electrons. The summed E-state index contributed by atoms with van der Waals surface area (Å²) in [6.45, 7) is 11.4. The lowest BCUT2D eigenvalue weighted by molar-refractivity contribution is -0.294. The number of imide groups is 1. The SMILES string of the molecule is CC[C@@]1(O)C(=O)OCc2c1cc1n(c2=O)Cc2c-1nc1cc(F)c(C)c3c1c2[C@@H](NC(=O)C(C)(C)COCNC(=O)[C@H](CO[C@@H]1O[C@H](C(=O)O)[C@@H](O)[C@H](O)[C@H]1O)NC(=O)[C@@H](NC(=O)CCOC[C@H](CN1C(=O)C=CC1=O)NC(=O)OC(C)(C)C)C(C)C)CC3. The quantitative estimate of drug-likeness (QED) is 0.0183. The van der Waals surface area contributed by atoms with Crippen LogP contribution in [-0.4, -0.2) is 188 Å². The summed E-state index contributed by atoms with van der Waals surface area (Å²) in [5.41, 5.74) is -1.56. The van der Waals surface area contributed by atoms with Gasteiger partial charge in [-0.15, -0.1) is 0 Å². The van der Waals surface area contributed by atoms with Gasteiger partial charge in [0, 0.05) is 41.2 Å². The number of carbonyl (C=O) groups is 9. The standard InChI is InChI=1S/C59H75FN8O21/c1-10-59(83)32-17-37-44-30(20-67(37)51(77)31(32)22-87-55(59)81)42-34(12-11-29-27(4)33(60)18-35(63-44)41(29)42)65-54(80)58(8,9)24-85-25-61-49(75)36(23-86-53-47(74)45(72)46(73)48(88-53)52(78)79)64-50(76)43(26(2)3)66-38(69)15-16-84-21-28(62-56(82)89-57(5,6)7)19-68-39(70)13-14-40(68)71/h13-14,17-18,26,28,34,36,43,45-48,53,72-74,83H,10-12,15-16,19-25H2,1-9H3,(H,61,75)(H,62,82)(H,64,76)(H,65,80)(H,66,69)(H,78,79)/t28-,34-,36-,43-,45-,46-,47+,48-,53+,59-/m0/s1. The van der Waals surface area contributed by atoms with Gasteiger partial charge in [0.2, 0.25) is 23.6 Å². The number of aliphatic hydroxyl groups is 4. The van der Waals surface area contributed by atoms with E-state index in [0.717, 1.165) is 17.1 Å². The Morgan fingerprint density at radius 1 is 0.899 bits per heavy atom. The smallest absolute Gasteiger partial charge is 0.408 e. The van der Waals surface area contributed by atoms with E-state index in [1.54, 1.807) is 62.3 Å². The number of halogens is 1. The minimum absolute atomic E-state index is 0.00546. The average Bonchev–Trinajstić information content (AvgIpc) is 1.64. The van der Waals surface area contributed by atoms with Gasteiger partial charge in [-0.1, -0.05) is 20.8 Å². The van der Waals surface area contributed by atoms with Gasteiger partial charge in [0.05, 0.1) is 79.5 Å². The normalized spacial score (nSPS) is 23.0. The number of nitrogens with zero attached hydrogens (tertiary/aromatic N) is 3. The first-order valence-corrected chi connectivity index (χ1v) is 29.0. The molecule has 10 atom stereocenters. The van der Waals surface area contributed by atoms with E-state index < -0.39 is 156 Å². The highest BCUT2D eigenvalue weighted by atomic mass is 19.1. The first kappa shape index (κ1) is 67.1. The second kappa shape index (κ2) is 26.7. The maximum atomic E-state index is 15.6. The number of aliphatic hydroxyl groups excluding tert-OH is 3. The zero-order valence-corrected chi connectivity index (χ0v) is 50.6. The van der Waals surface area contributed by atoms with E-state index in [9.17, 15) is 73.5 Å². The van der Waals surface area contributed by atoms with Crippen LogP contribution >= 0.6 is 0 Å². The van der Waals surface area contributed by atoms with Crippen LogP contribution in [0.15, 0.2) is 29.1 Å². The maximum absolute atomic E-state index is 15.6. The Hall–Kier alpha value is -7.84. The molecule has 89 heavy (non-hydrogen) atoms. The van der Waals surface area contributed by atoms with Gasteiger partial charge in [0.25, 0.3) is 17.4 Å². The summed E-state index contributed by atoms with van der Waals surface area (Å²) >= 11 is 0. The summed E-state index contributed by atoms with van der Waals surface area (Å²) in [6.07, 6.45) is -8.80. The Kier molecular flexibility index (Phi) is 20.1. The van der Waals surface area contributed by atoms with Crippen LogP contribution in [0.1, 0.15) is 114 Å². The molecule has 0 saturated carbocycles. The third-order valence-electron chi connectivity index (χ3n) is 16.1. The summed E-state index contributed by atoms with van der Waals surface area (Å²) in [4.78, 5) is 138. The van der Waals surface area contributed by atoms with Crippen molar-refractivity contribution in [3.8, 4) is 11.4 Å². The molecule has 29 nitrogen and oxygen atoms in total. The number of fused-ring (bicyclic) bond motifs is 5. The number of ether oxygens (including phenoxy) is 6. The number of aryl methyl sites for hydroxylation is 1. The van der Waals surface area contributed by atoms with Crippen LogP contribution in [0.5, 0.6) is 0 Å².